The number of hydrogen-bond donors (Lipinski definition) is 0. The molecule has 5 heteroatoms. The molecule has 0 heterocycles. The van der Waals surface area contributed by atoms with E-state index < -0.39 is 8.25 Å². The lowest BCUT2D eigenvalue weighted by atomic mass is 10.7. The molecule has 4 nitrogen and oxygen atoms in total. The minimum atomic E-state index is -1.98. The fraction of sp³-hybridized carbons (Fsp3) is 0.429. The summed E-state index contributed by atoms with van der Waals surface area (Å²) in [5.41, 5.74) is 0. The van der Waals surface area contributed by atoms with E-state index in [1.807, 2.05) is 6.92 Å². The second-order valence-electron chi connectivity index (χ2n) is 1.68. The molecular weight excluding hydrogens is 179 g/mol. The fourth-order valence-electron chi connectivity index (χ4n) is 0.375. The van der Waals surface area contributed by atoms with Crippen molar-refractivity contribution in [1.82, 2.24) is 0 Å². The van der Waals surface area contributed by atoms with Crippen molar-refractivity contribution in [2.24, 2.45) is 0 Å². The van der Waals surface area contributed by atoms with Gasteiger partial charge in [-0.05, 0) is 13.0 Å². The topological polar surface area (TPSA) is 44.8 Å². The number of rotatable bonds is 6. The van der Waals surface area contributed by atoms with Crippen LogP contribution < -0.4 is 0 Å². The highest BCUT2D eigenvalue weighted by atomic mass is 31.1. The van der Waals surface area contributed by atoms with Crippen LogP contribution in [-0.4, -0.2) is 13.7 Å². The van der Waals surface area contributed by atoms with Gasteiger partial charge in [-0.25, -0.2) is 0 Å². The summed E-state index contributed by atoms with van der Waals surface area (Å²) in [6, 6.07) is 0. The normalized spacial score (nSPS) is 12.7. The molecule has 1 atom stereocenters. The van der Waals surface area contributed by atoms with Crippen LogP contribution in [0.1, 0.15) is 6.92 Å². The Balaban J connectivity index is 3.30. The van der Waals surface area contributed by atoms with Crippen molar-refractivity contribution in [1.29, 1.82) is 0 Å². The zero-order valence-electron chi connectivity index (χ0n) is 7.10. The van der Waals surface area contributed by atoms with E-state index in [0.29, 0.717) is 0 Å². The molecule has 0 aliphatic carbocycles. The first kappa shape index (κ1) is 11.3. The van der Waals surface area contributed by atoms with Gasteiger partial charge in [0.05, 0.1) is 19.6 Å². The van der Waals surface area contributed by atoms with E-state index in [1.165, 1.54) is 19.6 Å². The first-order chi connectivity index (χ1) is 5.81. The van der Waals surface area contributed by atoms with Crippen LogP contribution in [0.3, 0.4) is 0 Å². The Kier molecular flexibility index (Phi) is 7.91. The molecule has 0 spiro atoms. The Morgan fingerprint density at radius 3 is 2.75 bits per heavy atom. The van der Waals surface area contributed by atoms with E-state index >= 15 is 0 Å². The zero-order valence-corrected chi connectivity index (χ0v) is 7.99. The minimum Gasteiger partial charge on any atom is -0.473 e. The van der Waals surface area contributed by atoms with Crippen LogP contribution in [0.5, 0.6) is 0 Å². The third-order valence-electron chi connectivity index (χ3n) is 0.815. The zero-order chi connectivity index (χ0) is 9.23. The lowest BCUT2D eigenvalue weighted by molar-refractivity contribution is 0.277. The predicted octanol–water partition coefficient (Wildman–Crippen LogP) is 2.37. The maximum absolute atomic E-state index is 10.5. The van der Waals surface area contributed by atoms with Gasteiger partial charge in [-0.1, -0.05) is 6.08 Å². The van der Waals surface area contributed by atoms with Crippen LogP contribution in [0.25, 0.3) is 0 Å². The van der Waals surface area contributed by atoms with Crippen molar-refractivity contribution >= 4 is 8.25 Å². The third-order valence-corrected chi connectivity index (χ3v) is 1.47. The van der Waals surface area contributed by atoms with Crippen molar-refractivity contribution in [2.45, 2.75) is 6.92 Å². The molecule has 1 unspecified atom stereocenters. The van der Waals surface area contributed by atoms with Crippen LogP contribution in [0.4, 0.5) is 0 Å². The maximum Gasteiger partial charge on any atom is 0.697 e. The van der Waals surface area contributed by atoms with Gasteiger partial charge in [0.25, 0.3) is 0 Å². The fourth-order valence-corrected chi connectivity index (χ4v) is 0.689. The molecule has 0 aromatic rings. The molecule has 68 valence electrons. The van der Waals surface area contributed by atoms with Crippen LogP contribution >= 0.6 is 8.25 Å². The molecule has 0 aromatic heterocycles. The molecule has 0 bridgehead atoms. The Morgan fingerprint density at radius 1 is 1.42 bits per heavy atom. The Bertz CT molecular complexity index is 176. The minimum absolute atomic E-state index is 0.209. The molecule has 0 amide bonds. The highest BCUT2D eigenvalue weighted by molar-refractivity contribution is 7.33. The number of allylic oxidation sites excluding steroid dienone is 1. The molecular formula is C7H12O4P+. The summed E-state index contributed by atoms with van der Waals surface area (Å²) in [5, 5.41) is 0. The summed E-state index contributed by atoms with van der Waals surface area (Å²) < 4.78 is 24.4. The van der Waals surface area contributed by atoms with Crippen LogP contribution in [-0.2, 0) is 18.3 Å². The smallest absolute Gasteiger partial charge is 0.473 e. The van der Waals surface area contributed by atoms with Gasteiger partial charge in [0.15, 0.2) is 0 Å². The molecule has 0 aromatic carbocycles. The first-order valence-corrected chi connectivity index (χ1v) is 4.46. The molecule has 0 saturated carbocycles. The van der Waals surface area contributed by atoms with E-state index in [2.05, 4.69) is 9.05 Å². The summed E-state index contributed by atoms with van der Waals surface area (Å²) in [6.45, 7) is 2.05. The van der Waals surface area contributed by atoms with Crippen LogP contribution in [0.15, 0.2) is 24.7 Å². The summed E-state index contributed by atoms with van der Waals surface area (Å²) in [7, 11) is -0.659. The van der Waals surface area contributed by atoms with Crippen molar-refractivity contribution in [3.05, 3.63) is 24.7 Å². The van der Waals surface area contributed by atoms with E-state index in [9.17, 15) is 4.57 Å². The summed E-state index contributed by atoms with van der Waals surface area (Å²) in [4.78, 5) is 0. The highest BCUT2D eigenvalue weighted by Crippen LogP contribution is 2.20. The summed E-state index contributed by atoms with van der Waals surface area (Å²) >= 11 is 0. The van der Waals surface area contributed by atoms with E-state index in [-0.39, 0.29) is 6.61 Å². The molecule has 0 radical (unpaired) electrons. The molecule has 0 aliphatic rings. The average Bonchev–Trinajstić information content (AvgIpc) is 2.10. The van der Waals surface area contributed by atoms with E-state index in [4.69, 9.17) is 4.74 Å². The molecule has 0 rings (SSSR count). The van der Waals surface area contributed by atoms with Gasteiger partial charge in [0.2, 0.25) is 0 Å². The Labute approximate surface area is 72.8 Å². The standard InChI is InChI=1S/C7H12O4P/c1-3-5-10-6-4-7-11-12(8)9-2/h3-6H,7H2,1-2H3/q+1/b5-3+,6-4+. The van der Waals surface area contributed by atoms with Gasteiger partial charge in [-0.15, -0.1) is 9.05 Å². The van der Waals surface area contributed by atoms with E-state index in [1.54, 1.807) is 12.2 Å². The van der Waals surface area contributed by atoms with Gasteiger partial charge in [-0.3, -0.25) is 0 Å². The SMILES string of the molecule is C/C=C/O/C=C/CO[P+](=O)OC. The first-order valence-electron chi connectivity index (χ1n) is 3.37. The van der Waals surface area contributed by atoms with Crippen LogP contribution in [0.2, 0.25) is 0 Å². The maximum atomic E-state index is 10.5. The van der Waals surface area contributed by atoms with Gasteiger partial charge < -0.3 is 4.74 Å². The van der Waals surface area contributed by atoms with Gasteiger partial charge >= 0.3 is 8.25 Å². The second-order valence-corrected chi connectivity index (χ2v) is 2.75. The Hall–Kier alpha value is -0.700. The third kappa shape index (κ3) is 7.41. The highest BCUT2D eigenvalue weighted by Gasteiger charge is 2.14. The average molecular weight is 191 g/mol. The molecule has 0 saturated heterocycles. The molecule has 0 N–H and O–H groups in total. The Morgan fingerprint density at radius 2 is 2.17 bits per heavy atom. The second kappa shape index (κ2) is 8.40. The van der Waals surface area contributed by atoms with Crippen molar-refractivity contribution in [3.63, 3.8) is 0 Å². The van der Waals surface area contributed by atoms with Gasteiger partial charge in [-0.2, -0.15) is 0 Å². The van der Waals surface area contributed by atoms with Crippen LogP contribution in [0, 0.1) is 0 Å². The number of hydrogen-bond acceptors (Lipinski definition) is 4. The van der Waals surface area contributed by atoms with Crippen molar-refractivity contribution in [2.75, 3.05) is 13.7 Å². The lowest BCUT2D eigenvalue weighted by Gasteiger charge is -1.85. The van der Waals surface area contributed by atoms with Gasteiger partial charge in [0.1, 0.15) is 6.61 Å². The number of ether oxygens (including phenoxy) is 1. The van der Waals surface area contributed by atoms with E-state index in [0.717, 1.165) is 0 Å². The van der Waals surface area contributed by atoms with Gasteiger partial charge in [0, 0.05) is 4.57 Å². The van der Waals surface area contributed by atoms with Crippen molar-refractivity contribution < 1.29 is 18.3 Å². The largest absolute Gasteiger partial charge is 0.697 e. The monoisotopic (exact) mass is 191 g/mol. The quantitative estimate of drug-likeness (QED) is 0.477. The lowest BCUT2D eigenvalue weighted by Crippen LogP contribution is -1.81. The molecule has 12 heavy (non-hydrogen) atoms. The predicted molar refractivity (Wildman–Crippen MR) is 45.6 cm³/mol. The summed E-state index contributed by atoms with van der Waals surface area (Å²) in [5.74, 6) is 0. The molecule has 0 aliphatic heterocycles. The molecule has 0 fully saturated rings. The summed E-state index contributed by atoms with van der Waals surface area (Å²) in [6.07, 6.45) is 6.30. The van der Waals surface area contributed by atoms with Crippen molar-refractivity contribution in [3.8, 4) is 0 Å².